The third kappa shape index (κ3) is 2.37. The summed E-state index contributed by atoms with van der Waals surface area (Å²) in [5.74, 6) is 2.67. The van der Waals surface area contributed by atoms with Crippen LogP contribution in [0.25, 0.3) is 0 Å². The number of anilines is 1. The van der Waals surface area contributed by atoms with Crippen LogP contribution in [0.2, 0.25) is 0 Å². The Morgan fingerprint density at radius 3 is 2.56 bits per heavy atom. The summed E-state index contributed by atoms with van der Waals surface area (Å²) >= 11 is 1.54. The topological polar surface area (TPSA) is 37.8 Å². The van der Waals surface area contributed by atoms with Crippen molar-refractivity contribution < 1.29 is 0 Å². The Morgan fingerprint density at radius 1 is 1.12 bits per heavy atom. The lowest BCUT2D eigenvalue weighted by atomic mass is 9.87. The highest BCUT2D eigenvalue weighted by atomic mass is 32.1. The molecule has 1 heterocycles. The van der Waals surface area contributed by atoms with E-state index in [1.165, 1.54) is 38.5 Å². The highest BCUT2D eigenvalue weighted by molar-refractivity contribution is 7.09. The quantitative estimate of drug-likeness (QED) is 0.875. The lowest BCUT2D eigenvalue weighted by Gasteiger charge is -2.26. The molecule has 1 aromatic heterocycles. The zero-order chi connectivity index (χ0) is 11.0. The highest BCUT2D eigenvalue weighted by Gasteiger charge is 2.28. The van der Waals surface area contributed by atoms with E-state index in [-0.39, 0.29) is 0 Å². The van der Waals surface area contributed by atoms with Crippen molar-refractivity contribution in [2.75, 3.05) is 5.32 Å². The number of nitrogens with one attached hydrogen (secondary N) is 1. The number of hydrogen-bond donors (Lipinski definition) is 1. The first-order chi connectivity index (χ1) is 7.81. The van der Waals surface area contributed by atoms with Crippen LogP contribution in [-0.4, -0.2) is 15.4 Å². The van der Waals surface area contributed by atoms with E-state index in [0.717, 1.165) is 16.9 Å². The van der Waals surface area contributed by atoms with E-state index in [1.54, 1.807) is 11.5 Å². The largest absolute Gasteiger partial charge is 0.358 e. The Morgan fingerprint density at radius 2 is 1.88 bits per heavy atom. The summed E-state index contributed by atoms with van der Waals surface area (Å²) in [4.78, 5) is 4.58. The molecule has 4 heteroatoms. The van der Waals surface area contributed by atoms with Gasteiger partial charge in [0.1, 0.15) is 5.82 Å². The van der Waals surface area contributed by atoms with Crippen LogP contribution in [-0.2, 0) is 0 Å². The summed E-state index contributed by atoms with van der Waals surface area (Å²) < 4.78 is 4.43. The number of rotatable bonds is 3. The molecule has 0 saturated heterocycles. The third-order valence-electron chi connectivity index (χ3n) is 3.73. The van der Waals surface area contributed by atoms with Crippen molar-refractivity contribution in [2.24, 2.45) is 5.92 Å². The smallest absolute Gasteiger partial charge is 0.202 e. The minimum Gasteiger partial charge on any atom is -0.358 e. The van der Waals surface area contributed by atoms with Crippen molar-refractivity contribution in [2.45, 2.75) is 57.4 Å². The second-order valence-corrected chi connectivity index (χ2v) is 6.08. The third-order valence-corrected chi connectivity index (χ3v) is 4.39. The molecule has 2 saturated carbocycles. The predicted molar refractivity (Wildman–Crippen MR) is 66.9 cm³/mol. The molecule has 2 aliphatic rings. The van der Waals surface area contributed by atoms with E-state index in [2.05, 4.69) is 21.6 Å². The van der Waals surface area contributed by atoms with Crippen molar-refractivity contribution >= 4 is 16.7 Å². The summed E-state index contributed by atoms with van der Waals surface area (Å²) in [6.07, 6.45) is 7.87. The lowest BCUT2D eigenvalue weighted by molar-refractivity contribution is 0.361. The van der Waals surface area contributed by atoms with Gasteiger partial charge in [0.2, 0.25) is 5.13 Å². The first-order valence-electron chi connectivity index (χ1n) is 6.41. The second-order valence-electron chi connectivity index (χ2n) is 5.33. The van der Waals surface area contributed by atoms with Gasteiger partial charge in [-0.1, -0.05) is 6.92 Å². The average Bonchev–Trinajstić information content (AvgIpc) is 3.04. The molecule has 0 bridgehead atoms. The van der Waals surface area contributed by atoms with Crippen molar-refractivity contribution in [1.29, 1.82) is 0 Å². The van der Waals surface area contributed by atoms with Crippen molar-refractivity contribution in [3.8, 4) is 0 Å². The minimum atomic E-state index is 0.635. The molecule has 0 unspecified atom stereocenters. The maximum Gasteiger partial charge on any atom is 0.202 e. The van der Waals surface area contributed by atoms with E-state index in [9.17, 15) is 0 Å². The molecule has 3 nitrogen and oxygen atoms in total. The van der Waals surface area contributed by atoms with Crippen LogP contribution in [0.4, 0.5) is 5.13 Å². The molecule has 1 N–H and O–H groups in total. The van der Waals surface area contributed by atoms with Gasteiger partial charge in [-0.25, -0.2) is 4.98 Å². The Kier molecular flexibility index (Phi) is 2.84. The second kappa shape index (κ2) is 4.32. The molecular weight excluding hydrogens is 218 g/mol. The molecule has 1 aromatic rings. The van der Waals surface area contributed by atoms with Crippen molar-refractivity contribution in [3.05, 3.63) is 5.82 Å². The standard InChI is InChI=1S/C12H19N3S/c1-8-2-6-10(7-3-8)13-12-14-11(15-16-12)9-4-5-9/h8-10H,2-7H2,1H3,(H,13,14,15). The van der Waals surface area contributed by atoms with E-state index in [0.29, 0.717) is 12.0 Å². The molecule has 0 aromatic carbocycles. The Labute approximate surface area is 101 Å². The molecule has 2 fully saturated rings. The highest BCUT2D eigenvalue weighted by Crippen LogP contribution is 2.39. The van der Waals surface area contributed by atoms with Gasteiger partial charge in [-0.2, -0.15) is 4.37 Å². The first kappa shape index (κ1) is 10.5. The van der Waals surface area contributed by atoms with Gasteiger partial charge in [-0.3, -0.25) is 0 Å². The van der Waals surface area contributed by atoms with Crippen LogP contribution in [0.15, 0.2) is 0 Å². The van der Waals surface area contributed by atoms with Crippen molar-refractivity contribution in [3.63, 3.8) is 0 Å². The van der Waals surface area contributed by atoms with Gasteiger partial charge < -0.3 is 5.32 Å². The Balaban J connectivity index is 1.56. The normalized spacial score (nSPS) is 30.3. The number of hydrogen-bond acceptors (Lipinski definition) is 4. The van der Waals surface area contributed by atoms with E-state index >= 15 is 0 Å². The molecule has 0 amide bonds. The number of aromatic nitrogens is 2. The van der Waals surface area contributed by atoms with Crippen LogP contribution in [0.1, 0.15) is 57.2 Å². The van der Waals surface area contributed by atoms with E-state index in [4.69, 9.17) is 0 Å². The monoisotopic (exact) mass is 237 g/mol. The van der Waals surface area contributed by atoms with Gasteiger partial charge in [0.05, 0.1) is 0 Å². The van der Waals surface area contributed by atoms with E-state index < -0.39 is 0 Å². The van der Waals surface area contributed by atoms with E-state index in [1.807, 2.05) is 0 Å². The van der Waals surface area contributed by atoms with Crippen LogP contribution < -0.4 is 5.32 Å². The van der Waals surface area contributed by atoms with Gasteiger partial charge in [0.25, 0.3) is 0 Å². The SMILES string of the molecule is CC1CCC(Nc2nc(C3CC3)ns2)CC1. The maximum absolute atomic E-state index is 4.58. The van der Waals surface area contributed by atoms with Gasteiger partial charge >= 0.3 is 0 Å². The molecule has 16 heavy (non-hydrogen) atoms. The Bertz CT molecular complexity index is 351. The van der Waals surface area contributed by atoms with Gasteiger partial charge in [-0.05, 0) is 44.4 Å². The molecule has 0 radical (unpaired) electrons. The van der Waals surface area contributed by atoms with Crippen LogP contribution in [0, 0.1) is 5.92 Å². The first-order valence-corrected chi connectivity index (χ1v) is 7.19. The fraction of sp³-hybridized carbons (Fsp3) is 0.833. The summed E-state index contributed by atoms with van der Waals surface area (Å²) in [5, 5.41) is 4.59. The molecule has 88 valence electrons. The van der Waals surface area contributed by atoms with Crippen molar-refractivity contribution in [1.82, 2.24) is 9.36 Å². The summed E-state index contributed by atoms with van der Waals surface area (Å²) in [6.45, 7) is 2.35. The molecular formula is C12H19N3S. The molecule has 0 aliphatic heterocycles. The molecule has 0 spiro atoms. The molecule has 2 aliphatic carbocycles. The zero-order valence-electron chi connectivity index (χ0n) is 9.78. The maximum atomic E-state index is 4.58. The zero-order valence-corrected chi connectivity index (χ0v) is 10.6. The van der Waals surface area contributed by atoms with Crippen LogP contribution in [0.3, 0.4) is 0 Å². The summed E-state index contributed by atoms with van der Waals surface area (Å²) in [5.41, 5.74) is 0. The summed E-state index contributed by atoms with van der Waals surface area (Å²) in [6, 6.07) is 0.635. The molecule has 3 rings (SSSR count). The predicted octanol–water partition coefficient (Wildman–Crippen LogP) is 3.41. The van der Waals surface area contributed by atoms with Crippen LogP contribution in [0.5, 0.6) is 0 Å². The Hall–Kier alpha value is -0.640. The number of nitrogens with zero attached hydrogens (tertiary/aromatic N) is 2. The minimum absolute atomic E-state index is 0.635. The van der Waals surface area contributed by atoms with Gasteiger partial charge in [0, 0.05) is 23.5 Å². The summed E-state index contributed by atoms with van der Waals surface area (Å²) in [7, 11) is 0. The van der Waals surface area contributed by atoms with Gasteiger partial charge in [0.15, 0.2) is 0 Å². The average molecular weight is 237 g/mol. The van der Waals surface area contributed by atoms with Gasteiger partial charge in [-0.15, -0.1) is 0 Å². The van der Waals surface area contributed by atoms with Crippen LogP contribution >= 0.6 is 11.5 Å². The molecule has 0 atom stereocenters. The lowest BCUT2D eigenvalue weighted by Crippen LogP contribution is -2.25. The fourth-order valence-corrected chi connectivity index (χ4v) is 3.10. The fourth-order valence-electron chi connectivity index (χ4n) is 2.38.